The fourth-order valence-corrected chi connectivity index (χ4v) is 2.92. The van der Waals surface area contributed by atoms with Crippen LogP contribution in [0.15, 0.2) is 29.3 Å². The van der Waals surface area contributed by atoms with E-state index in [1.54, 1.807) is 7.11 Å². The van der Waals surface area contributed by atoms with E-state index >= 15 is 0 Å². The summed E-state index contributed by atoms with van der Waals surface area (Å²) < 4.78 is 5.21. The first-order chi connectivity index (χ1) is 11.1. The van der Waals surface area contributed by atoms with Gasteiger partial charge < -0.3 is 15.8 Å². The molecule has 1 aliphatic heterocycles. The monoisotopic (exact) mass is 446 g/mol. The highest BCUT2D eigenvalue weighted by Gasteiger charge is 2.19. The molecule has 0 radical (unpaired) electrons. The molecule has 0 spiro atoms. The van der Waals surface area contributed by atoms with Crippen molar-refractivity contribution in [2.24, 2.45) is 16.6 Å². The number of nitrogens with two attached hydrogens (primary N) is 1. The van der Waals surface area contributed by atoms with Gasteiger partial charge in [0.25, 0.3) is 0 Å². The van der Waals surface area contributed by atoms with Gasteiger partial charge in [-0.05, 0) is 44.8 Å². The minimum Gasteiger partial charge on any atom is -0.380 e. The van der Waals surface area contributed by atoms with Crippen LogP contribution in [-0.2, 0) is 11.3 Å². The summed E-state index contributed by atoms with van der Waals surface area (Å²) in [5.74, 6) is 1.32. The molecular formula is C18H31IN4O. The summed E-state index contributed by atoms with van der Waals surface area (Å²) in [6, 6.07) is 8.42. The summed E-state index contributed by atoms with van der Waals surface area (Å²) in [5, 5.41) is 3.19. The SMILES string of the molecule is COCc1ccccc1NC(N)=NCC(C)N1CCC(C)CC1.I. The Bertz CT molecular complexity index is 515. The van der Waals surface area contributed by atoms with Crippen LogP contribution < -0.4 is 11.1 Å². The van der Waals surface area contributed by atoms with Gasteiger partial charge in [-0.2, -0.15) is 0 Å². The fraction of sp³-hybridized carbons (Fsp3) is 0.611. The Hall–Kier alpha value is -0.860. The van der Waals surface area contributed by atoms with Gasteiger partial charge in [0.05, 0.1) is 13.2 Å². The van der Waals surface area contributed by atoms with E-state index in [1.165, 1.54) is 25.9 Å². The second-order valence-electron chi connectivity index (χ2n) is 6.51. The lowest BCUT2D eigenvalue weighted by molar-refractivity contribution is 0.150. The molecule has 1 saturated heterocycles. The molecule has 0 bridgehead atoms. The smallest absolute Gasteiger partial charge is 0.193 e. The van der Waals surface area contributed by atoms with Crippen LogP contribution in [0.1, 0.15) is 32.3 Å². The number of likely N-dealkylation sites (tertiary alicyclic amines) is 1. The van der Waals surface area contributed by atoms with Gasteiger partial charge in [0.15, 0.2) is 5.96 Å². The molecule has 0 aromatic heterocycles. The molecule has 3 N–H and O–H groups in total. The van der Waals surface area contributed by atoms with Crippen molar-refractivity contribution in [1.29, 1.82) is 0 Å². The highest BCUT2D eigenvalue weighted by atomic mass is 127. The van der Waals surface area contributed by atoms with E-state index in [1.807, 2.05) is 24.3 Å². The number of nitrogens with one attached hydrogen (secondary N) is 1. The van der Waals surface area contributed by atoms with Crippen LogP contribution in [0.3, 0.4) is 0 Å². The second kappa shape index (κ2) is 10.9. The molecular weight excluding hydrogens is 415 g/mol. The quantitative estimate of drug-likeness (QED) is 0.400. The lowest BCUT2D eigenvalue weighted by atomic mass is 9.98. The van der Waals surface area contributed by atoms with E-state index in [4.69, 9.17) is 10.5 Å². The van der Waals surface area contributed by atoms with E-state index in [-0.39, 0.29) is 24.0 Å². The number of rotatable bonds is 6. The third-order valence-corrected chi connectivity index (χ3v) is 4.55. The number of guanidine groups is 1. The number of halogens is 1. The van der Waals surface area contributed by atoms with Gasteiger partial charge in [-0.15, -0.1) is 24.0 Å². The molecule has 2 rings (SSSR count). The molecule has 0 aliphatic carbocycles. The van der Waals surface area contributed by atoms with E-state index < -0.39 is 0 Å². The van der Waals surface area contributed by atoms with Crippen molar-refractivity contribution in [3.8, 4) is 0 Å². The average molecular weight is 446 g/mol. The van der Waals surface area contributed by atoms with Crippen LogP contribution in [0, 0.1) is 5.92 Å². The molecule has 1 fully saturated rings. The maximum Gasteiger partial charge on any atom is 0.193 e. The zero-order valence-electron chi connectivity index (χ0n) is 15.0. The minimum absolute atomic E-state index is 0. The lowest BCUT2D eigenvalue weighted by Crippen LogP contribution is -2.41. The van der Waals surface area contributed by atoms with Crippen molar-refractivity contribution >= 4 is 35.6 Å². The molecule has 0 amide bonds. The molecule has 5 nitrogen and oxygen atoms in total. The second-order valence-corrected chi connectivity index (χ2v) is 6.51. The third-order valence-electron chi connectivity index (χ3n) is 4.55. The zero-order valence-corrected chi connectivity index (χ0v) is 17.3. The standard InChI is InChI=1S/C18H30N4O.HI/c1-14-8-10-22(11-9-14)15(2)12-20-18(19)21-17-7-5-4-6-16(17)13-23-3;/h4-7,14-15H,8-13H2,1-3H3,(H3,19,20,21);1H. The molecule has 1 aliphatic rings. The average Bonchev–Trinajstić information content (AvgIpc) is 2.55. The van der Waals surface area contributed by atoms with E-state index in [2.05, 4.69) is 29.1 Å². The number of hydrogen-bond donors (Lipinski definition) is 2. The molecule has 1 heterocycles. The Balaban J connectivity index is 0.00000288. The Labute approximate surface area is 163 Å². The highest BCUT2D eigenvalue weighted by Crippen LogP contribution is 2.18. The zero-order chi connectivity index (χ0) is 16.7. The summed E-state index contributed by atoms with van der Waals surface area (Å²) in [4.78, 5) is 7.03. The Morgan fingerprint density at radius 2 is 2.04 bits per heavy atom. The van der Waals surface area contributed by atoms with Crippen LogP contribution >= 0.6 is 24.0 Å². The lowest BCUT2D eigenvalue weighted by Gasteiger charge is -2.34. The normalized spacial score (nSPS) is 18.0. The maximum atomic E-state index is 6.05. The van der Waals surface area contributed by atoms with Gasteiger partial charge >= 0.3 is 0 Å². The third kappa shape index (κ3) is 6.57. The largest absolute Gasteiger partial charge is 0.380 e. The number of ether oxygens (including phenoxy) is 1. The number of hydrogen-bond acceptors (Lipinski definition) is 3. The molecule has 24 heavy (non-hydrogen) atoms. The Kier molecular flexibility index (Phi) is 9.61. The summed E-state index contributed by atoms with van der Waals surface area (Å²) in [7, 11) is 1.69. The van der Waals surface area contributed by atoms with E-state index in [0.29, 0.717) is 18.6 Å². The molecule has 136 valence electrons. The number of aliphatic imine (C=N–C) groups is 1. The predicted octanol–water partition coefficient (Wildman–Crippen LogP) is 3.30. The number of anilines is 1. The van der Waals surface area contributed by atoms with Crippen molar-refractivity contribution in [1.82, 2.24) is 4.90 Å². The van der Waals surface area contributed by atoms with Crippen molar-refractivity contribution in [2.45, 2.75) is 39.3 Å². The first-order valence-corrected chi connectivity index (χ1v) is 8.48. The number of methoxy groups -OCH3 is 1. The van der Waals surface area contributed by atoms with Crippen LogP contribution in [0.25, 0.3) is 0 Å². The Morgan fingerprint density at radius 3 is 2.71 bits per heavy atom. The first kappa shape index (κ1) is 21.2. The summed E-state index contributed by atoms with van der Waals surface area (Å²) >= 11 is 0. The topological polar surface area (TPSA) is 62.9 Å². The molecule has 1 unspecified atom stereocenters. The van der Waals surface area contributed by atoms with Crippen LogP contribution in [0.4, 0.5) is 5.69 Å². The Morgan fingerprint density at radius 1 is 1.38 bits per heavy atom. The summed E-state index contributed by atoms with van der Waals surface area (Å²) in [6.07, 6.45) is 2.57. The van der Waals surface area contributed by atoms with Crippen molar-refractivity contribution in [3.63, 3.8) is 0 Å². The van der Waals surface area contributed by atoms with Crippen LogP contribution in [0.5, 0.6) is 0 Å². The number of benzene rings is 1. The number of piperidine rings is 1. The van der Waals surface area contributed by atoms with Gasteiger partial charge in [-0.1, -0.05) is 25.1 Å². The van der Waals surface area contributed by atoms with Crippen LogP contribution in [-0.4, -0.2) is 43.6 Å². The molecule has 1 aromatic carbocycles. The van der Waals surface area contributed by atoms with Crippen molar-refractivity contribution in [3.05, 3.63) is 29.8 Å². The molecule has 6 heteroatoms. The van der Waals surface area contributed by atoms with E-state index in [0.717, 1.165) is 23.7 Å². The van der Waals surface area contributed by atoms with Gasteiger partial charge in [-0.3, -0.25) is 9.89 Å². The van der Waals surface area contributed by atoms with Crippen molar-refractivity contribution in [2.75, 3.05) is 32.1 Å². The number of nitrogens with zero attached hydrogens (tertiary/aromatic N) is 2. The number of para-hydroxylation sites is 1. The maximum absolute atomic E-state index is 6.05. The highest BCUT2D eigenvalue weighted by molar-refractivity contribution is 14.0. The summed E-state index contributed by atoms with van der Waals surface area (Å²) in [5.41, 5.74) is 8.08. The van der Waals surface area contributed by atoms with Gasteiger partial charge in [-0.25, -0.2) is 0 Å². The van der Waals surface area contributed by atoms with Gasteiger partial charge in [0.1, 0.15) is 0 Å². The minimum atomic E-state index is 0. The van der Waals surface area contributed by atoms with Gasteiger partial charge in [0.2, 0.25) is 0 Å². The van der Waals surface area contributed by atoms with Gasteiger partial charge in [0, 0.05) is 24.4 Å². The molecule has 1 aromatic rings. The van der Waals surface area contributed by atoms with Crippen LogP contribution in [0.2, 0.25) is 0 Å². The molecule has 0 saturated carbocycles. The molecule has 1 atom stereocenters. The predicted molar refractivity (Wildman–Crippen MR) is 112 cm³/mol. The fourth-order valence-electron chi connectivity index (χ4n) is 2.92. The van der Waals surface area contributed by atoms with Crippen molar-refractivity contribution < 1.29 is 4.74 Å². The first-order valence-electron chi connectivity index (χ1n) is 8.48. The summed E-state index contributed by atoms with van der Waals surface area (Å²) in [6.45, 7) is 8.17. The van der Waals surface area contributed by atoms with E-state index in [9.17, 15) is 0 Å².